The molecule has 0 spiro atoms. The van der Waals surface area contributed by atoms with Gasteiger partial charge in [0.25, 0.3) is 0 Å². The fraction of sp³-hybridized carbons (Fsp3) is 0.667. The molecule has 0 fully saturated rings. The Bertz CT molecular complexity index is 139. The first-order chi connectivity index (χ1) is 4.22. The lowest BCUT2D eigenvalue weighted by Crippen LogP contribution is -2.30. The normalized spacial score (nSPS) is 10.8. The van der Waals surface area contributed by atoms with Crippen molar-refractivity contribution in [1.82, 2.24) is 6.15 Å². The van der Waals surface area contributed by atoms with Gasteiger partial charge in [-0.1, -0.05) is 13.3 Å². The number of carboxylic acids is 1. The number of aliphatic carboxylic acids is 1. The fourth-order valence-electron chi connectivity index (χ4n) is 0.524. The third-order valence-corrected chi connectivity index (χ3v) is 1.02. The van der Waals surface area contributed by atoms with Crippen molar-refractivity contribution in [3.8, 4) is 6.07 Å². The quantitative estimate of drug-likeness (QED) is 0.605. The lowest BCUT2D eigenvalue weighted by molar-refractivity contribution is -0.309. The number of carboxylic acid groups (broad SMARTS) is 1. The topological polar surface area (TPSA) is 100 Å². The van der Waals surface area contributed by atoms with E-state index in [9.17, 15) is 9.90 Å². The number of carbonyl (C=O) groups is 1. The summed E-state index contributed by atoms with van der Waals surface area (Å²) in [7, 11) is 0. The predicted octanol–water partition coefficient (Wildman–Crippen LogP) is 0.0524. The highest BCUT2D eigenvalue weighted by molar-refractivity contribution is 5.70. The zero-order valence-electron chi connectivity index (χ0n) is 6.26. The molecule has 0 saturated carbocycles. The number of rotatable bonds is 3. The van der Waals surface area contributed by atoms with E-state index in [1.807, 2.05) is 6.92 Å². The van der Waals surface area contributed by atoms with Crippen LogP contribution in [0.2, 0.25) is 0 Å². The summed E-state index contributed by atoms with van der Waals surface area (Å²) in [6.45, 7) is 1.83. The van der Waals surface area contributed by atoms with Crippen LogP contribution in [0.25, 0.3) is 0 Å². The van der Waals surface area contributed by atoms with Gasteiger partial charge in [-0.25, -0.2) is 0 Å². The highest BCUT2D eigenvalue weighted by atomic mass is 16.4. The van der Waals surface area contributed by atoms with E-state index in [1.165, 1.54) is 0 Å². The van der Waals surface area contributed by atoms with Crippen molar-refractivity contribution in [3.63, 3.8) is 0 Å². The zero-order chi connectivity index (χ0) is 7.28. The summed E-state index contributed by atoms with van der Waals surface area (Å²) in [4.78, 5) is 9.99. The Morgan fingerprint density at radius 3 is 2.40 bits per heavy atom. The minimum absolute atomic E-state index is 0. The summed E-state index contributed by atoms with van der Waals surface area (Å²) in [5.74, 6) is -2.19. The molecule has 0 aliphatic rings. The van der Waals surface area contributed by atoms with Crippen molar-refractivity contribution in [3.05, 3.63) is 0 Å². The Morgan fingerprint density at radius 1 is 1.80 bits per heavy atom. The number of carbonyl (C=O) groups excluding carboxylic acids is 1. The van der Waals surface area contributed by atoms with Crippen LogP contribution in [0.5, 0.6) is 0 Å². The number of quaternary nitrogens is 1. The molecule has 4 N–H and O–H groups in total. The summed E-state index contributed by atoms with van der Waals surface area (Å²) >= 11 is 0. The molecule has 0 amide bonds. The second-order valence-electron chi connectivity index (χ2n) is 1.79. The maximum Gasteiger partial charge on any atom is 0.0858 e. The third kappa shape index (κ3) is 3.87. The maximum absolute atomic E-state index is 9.99. The van der Waals surface area contributed by atoms with E-state index in [0.29, 0.717) is 12.8 Å². The molecule has 0 aliphatic carbocycles. The van der Waals surface area contributed by atoms with Gasteiger partial charge in [0.05, 0.1) is 18.0 Å². The second kappa shape index (κ2) is 6.05. The Kier molecular flexibility index (Phi) is 7.06. The Balaban J connectivity index is 0. The van der Waals surface area contributed by atoms with Gasteiger partial charge in [-0.05, 0) is 6.42 Å². The standard InChI is InChI=1S/C6H9NO2.H3N/c1-2-3-5(4-7)6(8)9;/h5H,2-3H2,1H3,(H,8,9);1H3. The molecule has 4 heteroatoms. The minimum Gasteiger partial charge on any atom is -0.549 e. The van der Waals surface area contributed by atoms with Crippen molar-refractivity contribution in [2.75, 3.05) is 0 Å². The van der Waals surface area contributed by atoms with E-state index in [4.69, 9.17) is 5.26 Å². The molecule has 58 valence electrons. The van der Waals surface area contributed by atoms with Crippen molar-refractivity contribution >= 4 is 5.97 Å². The van der Waals surface area contributed by atoms with E-state index in [2.05, 4.69) is 0 Å². The number of nitriles is 1. The SMILES string of the molecule is CCCC(C#N)C(=O)[O-].[NH4+]. The first-order valence-corrected chi connectivity index (χ1v) is 2.82. The highest BCUT2D eigenvalue weighted by Crippen LogP contribution is 2.01. The molecule has 0 radical (unpaired) electrons. The molecule has 4 nitrogen and oxygen atoms in total. The smallest absolute Gasteiger partial charge is 0.0858 e. The van der Waals surface area contributed by atoms with Crippen LogP contribution >= 0.6 is 0 Å². The van der Waals surface area contributed by atoms with Gasteiger partial charge in [0.1, 0.15) is 0 Å². The van der Waals surface area contributed by atoms with Crippen LogP contribution in [-0.4, -0.2) is 5.97 Å². The van der Waals surface area contributed by atoms with Gasteiger partial charge >= 0.3 is 0 Å². The van der Waals surface area contributed by atoms with Gasteiger partial charge in [0.15, 0.2) is 0 Å². The van der Waals surface area contributed by atoms with Crippen LogP contribution in [0.15, 0.2) is 0 Å². The Labute approximate surface area is 60.0 Å². The molecule has 0 saturated heterocycles. The van der Waals surface area contributed by atoms with E-state index in [1.54, 1.807) is 6.07 Å². The van der Waals surface area contributed by atoms with E-state index >= 15 is 0 Å². The zero-order valence-corrected chi connectivity index (χ0v) is 6.26. The second-order valence-corrected chi connectivity index (χ2v) is 1.79. The lowest BCUT2D eigenvalue weighted by Gasteiger charge is -2.06. The van der Waals surface area contributed by atoms with Crippen LogP contribution in [0.4, 0.5) is 0 Å². The van der Waals surface area contributed by atoms with Crippen LogP contribution in [-0.2, 0) is 4.79 Å². The average molecular weight is 144 g/mol. The van der Waals surface area contributed by atoms with Gasteiger partial charge in [0.2, 0.25) is 0 Å². The van der Waals surface area contributed by atoms with Crippen molar-refractivity contribution in [2.45, 2.75) is 19.8 Å². The van der Waals surface area contributed by atoms with Crippen LogP contribution in [0.3, 0.4) is 0 Å². The Morgan fingerprint density at radius 2 is 2.30 bits per heavy atom. The summed E-state index contributed by atoms with van der Waals surface area (Å²) in [5, 5.41) is 18.1. The van der Waals surface area contributed by atoms with Gasteiger partial charge in [-0.2, -0.15) is 5.26 Å². The molecule has 10 heavy (non-hydrogen) atoms. The van der Waals surface area contributed by atoms with Crippen LogP contribution in [0, 0.1) is 17.2 Å². The van der Waals surface area contributed by atoms with Crippen LogP contribution < -0.4 is 11.3 Å². The minimum atomic E-state index is -1.26. The predicted molar refractivity (Wildman–Crippen MR) is 35.0 cm³/mol. The summed E-state index contributed by atoms with van der Waals surface area (Å²) < 4.78 is 0. The molecule has 0 aromatic rings. The molecule has 0 heterocycles. The number of hydrogen-bond acceptors (Lipinski definition) is 3. The van der Waals surface area contributed by atoms with Crippen molar-refractivity contribution in [1.29, 1.82) is 5.26 Å². The monoisotopic (exact) mass is 144 g/mol. The van der Waals surface area contributed by atoms with Gasteiger partial charge in [-0.3, -0.25) is 0 Å². The molecule has 0 rings (SSSR count). The molecule has 1 unspecified atom stereocenters. The van der Waals surface area contributed by atoms with Gasteiger partial charge in [0, 0.05) is 0 Å². The lowest BCUT2D eigenvalue weighted by atomic mass is 10.1. The first-order valence-electron chi connectivity index (χ1n) is 2.82. The summed E-state index contributed by atoms with van der Waals surface area (Å²) in [5.41, 5.74) is 0. The first kappa shape index (κ1) is 11.7. The molecule has 0 aromatic carbocycles. The highest BCUT2D eigenvalue weighted by Gasteiger charge is 2.04. The van der Waals surface area contributed by atoms with E-state index in [-0.39, 0.29) is 6.15 Å². The molecule has 0 bridgehead atoms. The maximum atomic E-state index is 9.99. The molecule has 1 atom stereocenters. The van der Waals surface area contributed by atoms with E-state index in [0.717, 1.165) is 0 Å². The Hall–Kier alpha value is -1.08. The molecular formula is C6H12N2O2. The fourth-order valence-corrected chi connectivity index (χ4v) is 0.524. The van der Waals surface area contributed by atoms with Gasteiger partial charge < -0.3 is 16.1 Å². The average Bonchev–Trinajstić information content (AvgIpc) is 1.82. The largest absolute Gasteiger partial charge is 0.549 e. The van der Waals surface area contributed by atoms with E-state index < -0.39 is 11.9 Å². The molecule has 0 aliphatic heterocycles. The van der Waals surface area contributed by atoms with Crippen LogP contribution in [0.1, 0.15) is 19.8 Å². The number of nitrogens with zero attached hydrogens (tertiary/aromatic N) is 1. The van der Waals surface area contributed by atoms with Crippen molar-refractivity contribution < 1.29 is 9.90 Å². The third-order valence-electron chi connectivity index (χ3n) is 1.02. The van der Waals surface area contributed by atoms with Gasteiger partial charge in [-0.15, -0.1) is 0 Å². The van der Waals surface area contributed by atoms with Crippen molar-refractivity contribution in [2.24, 2.45) is 5.92 Å². The number of hydrogen-bond donors (Lipinski definition) is 1. The molecule has 0 aromatic heterocycles. The molecular weight excluding hydrogens is 132 g/mol. The summed E-state index contributed by atoms with van der Waals surface area (Å²) in [6.07, 6.45) is 1.09. The summed E-state index contributed by atoms with van der Waals surface area (Å²) in [6, 6.07) is 1.64.